The zero-order valence-corrected chi connectivity index (χ0v) is 25.5. The molecule has 45 heavy (non-hydrogen) atoms. The molecule has 234 valence electrons. The first kappa shape index (κ1) is 30.3. The lowest BCUT2D eigenvalue weighted by Gasteiger charge is -2.52. The molecule has 0 saturated carbocycles. The Morgan fingerprint density at radius 3 is 2.42 bits per heavy atom. The first-order valence-electron chi connectivity index (χ1n) is 15.6. The van der Waals surface area contributed by atoms with Crippen LogP contribution in [-0.2, 0) is 31.6 Å². The van der Waals surface area contributed by atoms with Crippen molar-refractivity contribution in [2.45, 2.75) is 56.0 Å². The molecule has 3 aromatic rings. The van der Waals surface area contributed by atoms with E-state index in [-0.39, 0.29) is 47.9 Å². The highest BCUT2D eigenvalue weighted by molar-refractivity contribution is 5.97. The Hall–Kier alpha value is -4.73. The van der Waals surface area contributed by atoms with Crippen molar-refractivity contribution in [1.82, 2.24) is 20.1 Å². The van der Waals surface area contributed by atoms with Crippen molar-refractivity contribution in [3.8, 4) is 0 Å². The van der Waals surface area contributed by atoms with Gasteiger partial charge in [0.1, 0.15) is 5.56 Å². The number of carbonyl (C=O) groups is 4. The van der Waals surface area contributed by atoms with Gasteiger partial charge < -0.3 is 24.8 Å². The fourth-order valence-electron chi connectivity index (χ4n) is 7.48. The lowest BCUT2D eigenvalue weighted by atomic mass is 9.55. The summed E-state index contributed by atoms with van der Waals surface area (Å²) in [6, 6.07) is 19.7. The summed E-state index contributed by atoms with van der Waals surface area (Å²) in [6.07, 6.45) is 3.06. The molecule has 2 aliphatic heterocycles. The van der Waals surface area contributed by atoms with Crippen molar-refractivity contribution in [3.63, 3.8) is 0 Å². The number of aromatic nitrogens is 1. The van der Waals surface area contributed by atoms with Crippen LogP contribution in [0.2, 0.25) is 0 Å². The summed E-state index contributed by atoms with van der Waals surface area (Å²) in [5, 5.41) is 6.12. The molecule has 2 fully saturated rings. The highest BCUT2D eigenvalue weighted by Gasteiger charge is 2.58. The standard InChI is InChI=1S/C35H38N4O6/c1-3-45-29(40)20-28-26-21-35(34(44)37-28,22-10-5-4-6-11-22)27-14-8-7-12-24(27)30(26)33(43)39-18-15-23(16-19-39)36-31(41)25-13-9-17-38(2)32(25)42/h4-14,17,23,26,28,30H,3,15-16,18-21H2,1-2H3,(H,36,41)(H,37,44)/t26?,28?,30-,35-/m1/s1. The summed E-state index contributed by atoms with van der Waals surface area (Å²) >= 11 is 0. The number of piperidine rings is 2. The van der Waals surface area contributed by atoms with Crippen molar-refractivity contribution in [2.24, 2.45) is 13.0 Å². The Morgan fingerprint density at radius 2 is 1.69 bits per heavy atom. The Balaban J connectivity index is 1.28. The average Bonchev–Trinajstić information content (AvgIpc) is 3.05. The molecule has 1 aromatic heterocycles. The Labute approximate surface area is 261 Å². The fraction of sp³-hybridized carbons (Fsp3) is 0.400. The van der Waals surface area contributed by atoms with E-state index in [2.05, 4.69) is 10.6 Å². The normalized spacial score (nSPS) is 24.3. The van der Waals surface area contributed by atoms with E-state index in [1.807, 2.05) is 59.5 Å². The van der Waals surface area contributed by atoms with Crippen molar-refractivity contribution in [3.05, 3.63) is 106 Å². The van der Waals surface area contributed by atoms with Crippen LogP contribution in [0, 0.1) is 5.92 Å². The quantitative estimate of drug-likeness (QED) is 0.396. The van der Waals surface area contributed by atoms with E-state index < -0.39 is 29.3 Å². The van der Waals surface area contributed by atoms with Gasteiger partial charge in [-0.15, -0.1) is 0 Å². The minimum Gasteiger partial charge on any atom is -0.466 e. The molecule has 0 radical (unpaired) electrons. The number of ether oxygens (including phenoxy) is 1. The molecule has 3 heterocycles. The molecule has 3 aliphatic rings. The van der Waals surface area contributed by atoms with Crippen LogP contribution in [0.15, 0.2) is 77.7 Å². The Bertz CT molecular complexity index is 1680. The van der Waals surface area contributed by atoms with Crippen LogP contribution < -0.4 is 16.2 Å². The Kier molecular flexibility index (Phi) is 8.31. The van der Waals surface area contributed by atoms with Gasteiger partial charge in [-0.1, -0.05) is 54.6 Å². The molecule has 1 aliphatic carbocycles. The number of fused-ring (bicyclic) bond motifs is 4. The van der Waals surface area contributed by atoms with Gasteiger partial charge in [-0.05, 0) is 60.9 Å². The number of nitrogens with one attached hydrogen (secondary N) is 2. The molecule has 2 saturated heterocycles. The Morgan fingerprint density at radius 1 is 0.978 bits per heavy atom. The van der Waals surface area contributed by atoms with Gasteiger partial charge >= 0.3 is 5.97 Å². The summed E-state index contributed by atoms with van der Waals surface area (Å²) in [4.78, 5) is 68.4. The van der Waals surface area contributed by atoms with Gasteiger partial charge in [-0.3, -0.25) is 24.0 Å². The van der Waals surface area contributed by atoms with E-state index >= 15 is 0 Å². The van der Waals surface area contributed by atoms with Crippen LogP contribution in [0.3, 0.4) is 0 Å². The second-order valence-electron chi connectivity index (χ2n) is 12.2. The SMILES string of the molecule is CCOC(=O)CC1NC(=O)[C@@]2(c3ccccc3)CC1[C@H](C(=O)N1CCC(NC(=O)c3cccn(C)c3=O)CC1)c1ccccc12. The van der Waals surface area contributed by atoms with E-state index in [0.717, 1.165) is 16.7 Å². The predicted octanol–water partition coefficient (Wildman–Crippen LogP) is 2.65. The molecular formula is C35H38N4O6. The highest BCUT2D eigenvalue weighted by atomic mass is 16.5. The number of benzene rings is 2. The van der Waals surface area contributed by atoms with E-state index in [1.165, 1.54) is 10.6 Å². The molecule has 6 rings (SSSR count). The number of hydrogen-bond donors (Lipinski definition) is 2. The van der Waals surface area contributed by atoms with E-state index in [9.17, 15) is 24.0 Å². The smallest absolute Gasteiger partial charge is 0.307 e. The molecule has 2 N–H and O–H groups in total. The molecule has 3 amide bonds. The zero-order valence-electron chi connectivity index (χ0n) is 25.5. The number of pyridine rings is 1. The van der Waals surface area contributed by atoms with Gasteiger partial charge in [0.2, 0.25) is 11.8 Å². The minimum absolute atomic E-state index is 0.0197. The first-order valence-corrected chi connectivity index (χ1v) is 15.6. The summed E-state index contributed by atoms with van der Waals surface area (Å²) in [7, 11) is 1.60. The lowest BCUT2D eigenvalue weighted by molar-refractivity contribution is -0.147. The number of amides is 3. The van der Waals surface area contributed by atoms with Gasteiger partial charge in [-0.2, -0.15) is 0 Å². The van der Waals surface area contributed by atoms with Gasteiger partial charge in [0.05, 0.1) is 24.4 Å². The molecule has 10 heteroatoms. The first-order chi connectivity index (χ1) is 21.7. The third kappa shape index (κ3) is 5.43. The molecule has 2 bridgehead atoms. The van der Waals surface area contributed by atoms with Gasteiger partial charge in [0.25, 0.3) is 11.5 Å². The van der Waals surface area contributed by atoms with Crippen LogP contribution >= 0.6 is 0 Å². The van der Waals surface area contributed by atoms with Crippen molar-refractivity contribution >= 4 is 23.7 Å². The molecule has 0 spiro atoms. The van der Waals surface area contributed by atoms with Crippen LogP contribution in [-0.4, -0.2) is 64.9 Å². The summed E-state index contributed by atoms with van der Waals surface area (Å²) in [6.45, 7) is 2.83. The number of rotatable bonds is 7. The highest BCUT2D eigenvalue weighted by Crippen LogP contribution is 2.54. The number of likely N-dealkylation sites (tertiary alicyclic amines) is 1. The minimum atomic E-state index is -0.990. The maximum absolute atomic E-state index is 14.5. The monoisotopic (exact) mass is 610 g/mol. The maximum Gasteiger partial charge on any atom is 0.307 e. The summed E-state index contributed by atoms with van der Waals surface area (Å²) in [5.41, 5.74) is 1.21. The van der Waals surface area contributed by atoms with Crippen molar-refractivity contribution in [2.75, 3.05) is 19.7 Å². The topological polar surface area (TPSA) is 127 Å². The van der Waals surface area contributed by atoms with E-state index in [4.69, 9.17) is 4.74 Å². The third-order valence-electron chi connectivity index (χ3n) is 9.68. The van der Waals surface area contributed by atoms with E-state index in [1.54, 1.807) is 26.2 Å². The molecule has 2 unspecified atom stereocenters. The second kappa shape index (κ2) is 12.3. The average molecular weight is 611 g/mol. The largest absolute Gasteiger partial charge is 0.466 e. The summed E-state index contributed by atoms with van der Waals surface area (Å²) < 4.78 is 6.63. The number of esters is 1. The third-order valence-corrected chi connectivity index (χ3v) is 9.68. The van der Waals surface area contributed by atoms with Gasteiger partial charge in [0, 0.05) is 38.4 Å². The lowest BCUT2D eigenvalue weighted by Crippen LogP contribution is -2.63. The number of hydrogen-bond acceptors (Lipinski definition) is 6. The maximum atomic E-state index is 14.5. The van der Waals surface area contributed by atoms with Crippen molar-refractivity contribution < 1.29 is 23.9 Å². The predicted molar refractivity (Wildman–Crippen MR) is 166 cm³/mol. The zero-order chi connectivity index (χ0) is 31.7. The molecular weight excluding hydrogens is 572 g/mol. The van der Waals surface area contributed by atoms with Crippen LogP contribution in [0.1, 0.15) is 65.6 Å². The summed E-state index contributed by atoms with van der Waals surface area (Å²) in [5.74, 6) is -1.98. The van der Waals surface area contributed by atoms with Crippen LogP contribution in [0.5, 0.6) is 0 Å². The van der Waals surface area contributed by atoms with Crippen LogP contribution in [0.25, 0.3) is 0 Å². The molecule has 2 aromatic carbocycles. The van der Waals surface area contributed by atoms with E-state index in [0.29, 0.717) is 32.4 Å². The van der Waals surface area contributed by atoms with Gasteiger partial charge in [-0.25, -0.2) is 0 Å². The molecule has 10 nitrogen and oxygen atoms in total. The second-order valence-corrected chi connectivity index (χ2v) is 12.2. The van der Waals surface area contributed by atoms with Crippen LogP contribution in [0.4, 0.5) is 0 Å². The number of carbonyl (C=O) groups excluding carboxylic acids is 4. The van der Waals surface area contributed by atoms with Gasteiger partial charge in [0.15, 0.2) is 0 Å². The fourth-order valence-corrected chi connectivity index (χ4v) is 7.48. The molecule has 4 atom stereocenters. The van der Waals surface area contributed by atoms with Crippen molar-refractivity contribution in [1.29, 1.82) is 0 Å². The number of nitrogens with zero attached hydrogens (tertiary/aromatic N) is 2. The number of aryl methyl sites for hydroxylation is 1.